The van der Waals surface area contributed by atoms with Crippen LogP contribution in [0.5, 0.6) is 0 Å². The standard InChI is InChI=1S/C12H16ClN5O3/c1-7-10(13)9(17(2)15-7)6-18-8(4-5-21-3)11(12(19)20)14-16-18/h4-6H2,1-3H3,(H,19,20). The number of hydrogen-bond donors (Lipinski definition) is 1. The molecule has 2 heterocycles. The van der Waals surface area contributed by atoms with Crippen molar-refractivity contribution in [2.75, 3.05) is 13.7 Å². The largest absolute Gasteiger partial charge is 0.476 e. The van der Waals surface area contributed by atoms with Gasteiger partial charge in [0.15, 0.2) is 5.69 Å². The van der Waals surface area contributed by atoms with Gasteiger partial charge in [-0.1, -0.05) is 16.8 Å². The summed E-state index contributed by atoms with van der Waals surface area (Å²) in [5, 5.41) is 21.5. The Labute approximate surface area is 126 Å². The molecule has 114 valence electrons. The predicted molar refractivity (Wildman–Crippen MR) is 74.6 cm³/mol. The van der Waals surface area contributed by atoms with E-state index in [1.54, 1.807) is 18.8 Å². The lowest BCUT2D eigenvalue weighted by atomic mass is 10.2. The van der Waals surface area contributed by atoms with Crippen LogP contribution in [0.25, 0.3) is 0 Å². The number of ether oxygens (including phenoxy) is 1. The van der Waals surface area contributed by atoms with Crippen molar-refractivity contribution in [3.05, 3.63) is 27.8 Å². The average molecular weight is 314 g/mol. The summed E-state index contributed by atoms with van der Waals surface area (Å²) >= 11 is 6.20. The molecule has 0 radical (unpaired) electrons. The number of carboxylic acids is 1. The van der Waals surface area contributed by atoms with Gasteiger partial charge in [-0.2, -0.15) is 5.10 Å². The Kier molecular flexibility index (Phi) is 4.59. The van der Waals surface area contributed by atoms with Gasteiger partial charge >= 0.3 is 5.97 Å². The van der Waals surface area contributed by atoms with Crippen molar-refractivity contribution in [1.29, 1.82) is 0 Å². The van der Waals surface area contributed by atoms with Crippen molar-refractivity contribution >= 4 is 17.6 Å². The van der Waals surface area contributed by atoms with Gasteiger partial charge in [0, 0.05) is 20.6 Å². The van der Waals surface area contributed by atoms with E-state index >= 15 is 0 Å². The molecule has 0 aliphatic heterocycles. The number of rotatable bonds is 6. The van der Waals surface area contributed by atoms with E-state index in [0.717, 1.165) is 5.69 Å². The van der Waals surface area contributed by atoms with Crippen LogP contribution in [0.3, 0.4) is 0 Å². The molecule has 0 saturated heterocycles. The van der Waals surface area contributed by atoms with Gasteiger partial charge in [0.25, 0.3) is 0 Å². The van der Waals surface area contributed by atoms with E-state index in [0.29, 0.717) is 36.0 Å². The molecule has 0 aliphatic carbocycles. The summed E-state index contributed by atoms with van der Waals surface area (Å²) in [5.41, 5.74) is 1.89. The number of nitrogens with zero attached hydrogens (tertiary/aromatic N) is 5. The van der Waals surface area contributed by atoms with Crippen LogP contribution in [0.15, 0.2) is 0 Å². The minimum absolute atomic E-state index is 0.0675. The van der Waals surface area contributed by atoms with Crippen LogP contribution in [-0.2, 0) is 24.8 Å². The molecule has 21 heavy (non-hydrogen) atoms. The van der Waals surface area contributed by atoms with Crippen LogP contribution < -0.4 is 0 Å². The quantitative estimate of drug-likeness (QED) is 0.851. The minimum Gasteiger partial charge on any atom is -0.476 e. The first-order valence-corrected chi connectivity index (χ1v) is 6.66. The second-order valence-corrected chi connectivity index (χ2v) is 4.94. The lowest BCUT2D eigenvalue weighted by molar-refractivity contribution is 0.0688. The summed E-state index contributed by atoms with van der Waals surface area (Å²) in [5.74, 6) is -1.11. The maximum Gasteiger partial charge on any atom is 0.358 e. The Morgan fingerprint density at radius 3 is 2.67 bits per heavy atom. The molecule has 0 spiro atoms. The van der Waals surface area contributed by atoms with Gasteiger partial charge in [-0.05, 0) is 6.92 Å². The lowest BCUT2D eigenvalue weighted by Gasteiger charge is -2.07. The van der Waals surface area contributed by atoms with Gasteiger partial charge in [-0.25, -0.2) is 9.48 Å². The van der Waals surface area contributed by atoms with E-state index < -0.39 is 5.97 Å². The first-order chi connectivity index (χ1) is 9.95. The van der Waals surface area contributed by atoms with E-state index in [-0.39, 0.29) is 5.69 Å². The Morgan fingerprint density at radius 2 is 2.14 bits per heavy atom. The van der Waals surface area contributed by atoms with Crippen LogP contribution in [0.4, 0.5) is 0 Å². The van der Waals surface area contributed by atoms with E-state index in [9.17, 15) is 4.79 Å². The molecule has 2 aromatic heterocycles. The topological polar surface area (TPSA) is 95.1 Å². The predicted octanol–water partition coefficient (Wildman–Crippen LogP) is 0.909. The second-order valence-electron chi connectivity index (χ2n) is 4.56. The number of aryl methyl sites for hydroxylation is 2. The van der Waals surface area contributed by atoms with Crippen LogP contribution in [0.2, 0.25) is 5.02 Å². The fourth-order valence-electron chi connectivity index (χ4n) is 2.07. The normalized spacial score (nSPS) is 11.0. The number of carbonyl (C=O) groups is 1. The Morgan fingerprint density at radius 1 is 1.43 bits per heavy atom. The van der Waals surface area contributed by atoms with Gasteiger partial charge in [0.2, 0.25) is 0 Å². The molecule has 0 atom stereocenters. The summed E-state index contributed by atoms with van der Waals surface area (Å²) < 4.78 is 8.17. The fourth-order valence-corrected chi connectivity index (χ4v) is 2.29. The molecule has 2 aromatic rings. The first kappa shape index (κ1) is 15.5. The Balaban J connectivity index is 2.37. The van der Waals surface area contributed by atoms with Crippen molar-refractivity contribution in [2.45, 2.75) is 19.9 Å². The summed E-state index contributed by atoms with van der Waals surface area (Å²) in [6.07, 6.45) is 0.402. The number of halogens is 1. The molecule has 0 saturated carbocycles. The van der Waals surface area contributed by atoms with Gasteiger partial charge in [0.1, 0.15) is 0 Å². The zero-order valence-electron chi connectivity index (χ0n) is 12.0. The van der Waals surface area contributed by atoms with Crippen molar-refractivity contribution in [2.24, 2.45) is 7.05 Å². The molecule has 1 N–H and O–H groups in total. The zero-order valence-corrected chi connectivity index (χ0v) is 12.8. The van der Waals surface area contributed by atoms with Crippen LogP contribution in [0, 0.1) is 6.92 Å². The van der Waals surface area contributed by atoms with E-state index in [1.807, 2.05) is 6.92 Å². The molecular formula is C12H16ClN5O3. The smallest absolute Gasteiger partial charge is 0.358 e. The number of hydrogen-bond acceptors (Lipinski definition) is 5. The van der Waals surface area contributed by atoms with E-state index in [4.69, 9.17) is 21.4 Å². The molecule has 2 rings (SSSR count). The molecule has 0 bridgehead atoms. The molecule has 0 amide bonds. The summed E-state index contributed by atoms with van der Waals surface area (Å²) in [6, 6.07) is 0. The Bertz CT molecular complexity index is 664. The number of aromatic nitrogens is 5. The number of carboxylic acid groups (broad SMARTS) is 1. The molecule has 0 aromatic carbocycles. The van der Waals surface area contributed by atoms with Crippen LogP contribution in [-0.4, -0.2) is 49.6 Å². The summed E-state index contributed by atoms with van der Waals surface area (Å²) in [4.78, 5) is 11.2. The third kappa shape index (κ3) is 3.06. The number of methoxy groups -OCH3 is 1. The van der Waals surface area contributed by atoms with Gasteiger partial charge in [0.05, 0.1) is 35.3 Å². The highest BCUT2D eigenvalue weighted by molar-refractivity contribution is 6.31. The highest BCUT2D eigenvalue weighted by atomic mass is 35.5. The summed E-state index contributed by atoms with van der Waals surface area (Å²) in [7, 11) is 3.33. The molecule has 0 unspecified atom stereocenters. The molecular weight excluding hydrogens is 298 g/mol. The molecule has 8 nitrogen and oxygen atoms in total. The number of aromatic carboxylic acids is 1. The summed E-state index contributed by atoms with van der Waals surface area (Å²) in [6.45, 7) is 2.49. The van der Waals surface area contributed by atoms with E-state index in [1.165, 1.54) is 4.68 Å². The third-order valence-electron chi connectivity index (χ3n) is 3.14. The monoisotopic (exact) mass is 313 g/mol. The third-order valence-corrected chi connectivity index (χ3v) is 3.64. The van der Waals surface area contributed by atoms with Gasteiger partial charge in [-0.3, -0.25) is 4.68 Å². The van der Waals surface area contributed by atoms with E-state index in [2.05, 4.69) is 15.4 Å². The zero-order chi connectivity index (χ0) is 15.6. The van der Waals surface area contributed by atoms with Crippen molar-refractivity contribution in [3.63, 3.8) is 0 Å². The molecule has 9 heteroatoms. The molecule has 0 aliphatic rings. The molecule has 0 fully saturated rings. The van der Waals surface area contributed by atoms with Crippen LogP contribution >= 0.6 is 11.6 Å². The van der Waals surface area contributed by atoms with Crippen molar-refractivity contribution in [3.8, 4) is 0 Å². The maximum absolute atomic E-state index is 11.2. The fraction of sp³-hybridized carbons (Fsp3) is 0.500. The average Bonchev–Trinajstić information content (AvgIpc) is 2.93. The van der Waals surface area contributed by atoms with Gasteiger partial charge in [-0.15, -0.1) is 5.10 Å². The van der Waals surface area contributed by atoms with Crippen LogP contribution in [0.1, 0.15) is 27.6 Å². The van der Waals surface area contributed by atoms with Crippen molar-refractivity contribution in [1.82, 2.24) is 24.8 Å². The lowest BCUT2D eigenvalue weighted by Crippen LogP contribution is -2.13. The second kappa shape index (κ2) is 6.23. The van der Waals surface area contributed by atoms with Gasteiger partial charge < -0.3 is 9.84 Å². The minimum atomic E-state index is -1.11. The Hall–Kier alpha value is -1.93. The van der Waals surface area contributed by atoms with Crippen molar-refractivity contribution < 1.29 is 14.6 Å². The highest BCUT2D eigenvalue weighted by Gasteiger charge is 2.21. The highest BCUT2D eigenvalue weighted by Crippen LogP contribution is 2.21. The maximum atomic E-state index is 11.2. The SMILES string of the molecule is COCCc1c(C(=O)O)nnn1Cc1c(Cl)c(C)nn1C. The first-order valence-electron chi connectivity index (χ1n) is 6.28.